The van der Waals surface area contributed by atoms with E-state index in [1.165, 1.54) is 23.3 Å². The topological polar surface area (TPSA) is 35.6 Å². The Hall–Kier alpha value is -3.58. The van der Waals surface area contributed by atoms with E-state index in [9.17, 15) is 18.0 Å². The number of halogens is 3. The molecule has 1 spiro atoms. The Labute approximate surface area is 239 Å². The molecule has 3 fully saturated rings. The van der Waals surface area contributed by atoms with Gasteiger partial charge in [0, 0.05) is 55.7 Å². The van der Waals surface area contributed by atoms with Crippen molar-refractivity contribution in [3.8, 4) is 0 Å². The summed E-state index contributed by atoms with van der Waals surface area (Å²) in [5.41, 5.74) is 7.38. The number of carbonyl (C=O) groups is 1. The van der Waals surface area contributed by atoms with E-state index in [-0.39, 0.29) is 43.7 Å². The van der Waals surface area contributed by atoms with E-state index < -0.39 is 5.92 Å². The van der Waals surface area contributed by atoms with Crippen LogP contribution in [0.1, 0.15) is 65.7 Å². The molecule has 1 atom stereocenters. The van der Waals surface area contributed by atoms with E-state index >= 15 is 0 Å². The van der Waals surface area contributed by atoms with Gasteiger partial charge in [0.25, 0.3) is 11.8 Å². The van der Waals surface area contributed by atoms with Crippen molar-refractivity contribution in [3.63, 3.8) is 0 Å². The lowest BCUT2D eigenvalue weighted by Crippen LogP contribution is -2.58. The third kappa shape index (κ3) is 5.78. The van der Waals surface area contributed by atoms with Gasteiger partial charge >= 0.3 is 0 Å². The number of rotatable bonds is 6. The van der Waals surface area contributed by atoms with Crippen LogP contribution in [-0.4, -0.2) is 50.0 Å². The van der Waals surface area contributed by atoms with Crippen molar-refractivity contribution < 1.29 is 18.0 Å². The van der Waals surface area contributed by atoms with E-state index in [1.807, 2.05) is 42.2 Å². The van der Waals surface area contributed by atoms with Crippen LogP contribution in [0.4, 0.5) is 18.9 Å². The second-order valence-electron chi connectivity index (χ2n) is 12.2. The van der Waals surface area contributed by atoms with Gasteiger partial charge in [0.2, 0.25) is 0 Å². The van der Waals surface area contributed by atoms with E-state index in [2.05, 4.69) is 29.4 Å². The summed E-state index contributed by atoms with van der Waals surface area (Å²) in [5, 5.41) is 3.08. The summed E-state index contributed by atoms with van der Waals surface area (Å²) in [6.07, 6.45) is 1.79. The zero-order valence-electron chi connectivity index (χ0n) is 23.6. The van der Waals surface area contributed by atoms with E-state index in [1.54, 1.807) is 18.2 Å². The first-order valence-electron chi connectivity index (χ1n) is 14.4. The molecule has 1 aliphatic carbocycles. The molecule has 7 heteroatoms. The Balaban J connectivity index is 1.16. The summed E-state index contributed by atoms with van der Waals surface area (Å²) in [6.45, 7) is 4.75. The fourth-order valence-electron chi connectivity index (χ4n) is 6.78. The number of allylic oxidation sites excluding steroid dienone is 1. The Bertz CT molecular complexity index is 1440. The lowest BCUT2D eigenvalue weighted by molar-refractivity contribution is -0.0220. The lowest BCUT2D eigenvalue weighted by Gasteiger charge is -2.56. The number of amides is 1. The number of carbonyl (C=O) groups excluding carboxylic acids is 1. The molecule has 41 heavy (non-hydrogen) atoms. The van der Waals surface area contributed by atoms with E-state index in [0.29, 0.717) is 11.0 Å². The molecule has 0 radical (unpaired) electrons. The Morgan fingerprint density at radius 2 is 1.49 bits per heavy atom. The molecule has 1 amide bonds. The molecular weight excluding hydrogens is 523 g/mol. The van der Waals surface area contributed by atoms with Gasteiger partial charge in [0.1, 0.15) is 5.82 Å². The normalized spacial score (nSPS) is 20.2. The molecule has 4 nitrogen and oxygen atoms in total. The average Bonchev–Trinajstić information content (AvgIpc) is 2.92. The highest BCUT2D eigenvalue weighted by atomic mass is 19.3. The van der Waals surface area contributed by atoms with Gasteiger partial charge in [-0.3, -0.25) is 4.79 Å². The van der Waals surface area contributed by atoms with E-state index in [4.69, 9.17) is 0 Å². The molecular formula is C34H36F3N3O. The molecule has 2 saturated heterocycles. The molecule has 1 N–H and O–H groups in total. The van der Waals surface area contributed by atoms with Gasteiger partial charge in [-0.1, -0.05) is 48.0 Å². The van der Waals surface area contributed by atoms with Crippen LogP contribution in [0.2, 0.25) is 0 Å². The second-order valence-corrected chi connectivity index (χ2v) is 12.2. The number of anilines is 1. The van der Waals surface area contributed by atoms with Gasteiger partial charge in [0.15, 0.2) is 0 Å². The van der Waals surface area contributed by atoms with Gasteiger partial charge in [-0.2, -0.15) is 0 Å². The second kappa shape index (κ2) is 10.7. The van der Waals surface area contributed by atoms with Crippen molar-refractivity contribution >= 4 is 17.2 Å². The minimum Gasteiger partial charge on any atom is -0.371 e. The molecule has 0 bridgehead atoms. The maximum absolute atomic E-state index is 13.7. The highest BCUT2D eigenvalue weighted by molar-refractivity contribution is 5.95. The summed E-state index contributed by atoms with van der Waals surface area (Å²) in [6, 6.07) is 22.0. The monoisotopic (exact) mass is 559 g/mol. The Morgan fingerprint density at radius 3 is 2.10 bits per heavy atom. The molecule has 2 heterocycles. The van der Waals surface area contributed by atoms with E-state index in [0.717, 1.165) is 48.3 Å². The number of hydrogen-bond donors (Lipinski definition) is 1. The maximum Gasteiger partial charge on any atom is 0.251 e. The number of benzene rings is 3. The van der Waals surface area contributed by atoms with Gasteiger partial charge in [0.05, 0.1) is 6.04 Å². The molecule has 2 aliphatic heterocycles. The number of piperidine rings is 1. The highest BCUT2D eigenvalue weighted by Crippen LogP contribution is 2.54. The largest absolute Gasteiger partial charge is 0.371 e. The molecule has 6 rings (SSSR count). The van der Waals surface area contributed by atoms with Gasteiger partial charge < -0.3 is 15.1 Å². The fourth-order valence-corrected chi connectivity index (χ4v) is 6.78. The number of likely N-dealkylation sites (tertiary alicyclic amines) is 1. The first-order chi connectivity index (χ1) is 19.6. The van der Waals surface area contributed by atoms with Crippen LogP contribution in [-0.2, 0) is 0 Å². The van der Waals surface area contributed by atoms with Gasteiger partial charge in [-0.25, -0.2) is 13.2 Å². The third-order valence-corrected chi connectivity index (χ3v) is 8.89. The first-order valence-corrected chi connectivity index (χ1v) is 14.4. The van der Waals surface area contributed by atoms with Gasteiger partial charge in [-0.05, 0) is 79.4 Å². The van der Waals surface area contributed by atoms with Crippen molar-refractivity contribution in [2.24, 2.45) is 5.41 Å². The van der Waals surface area contributed by atoms with Crippen molar-refractivity contribution in [2.75, 3.05) is 38.1 Å². The maximum atomic E-state index is 13.7. The molecule has 0 unspecified atom stereocenters. The number of alkyl halides is 2. The molecule has 3 aromatic rings. The molecule has 3 aliphatic rings. The SMILES string of the molecule is C[C@@H](NC(=O)c1cccc(N2CCC(F)(F)CC2)c1)c1ccc(C(=C2CC3(C2)CN(C)C3)c2ccc(F)cc2)cc1. The molecule has 1 saturated carbocycles. The quantitative estimate of drug-likeness (QED) is 0.351. The summed E-state index contributed by atoms with van der Waals surface area (Å²) < 4.78 is 40.9. The zero-order valence-corrected chi connectivity index (χ0v) is 23.6. The highest BCUT2D eigenvalue weighted by Gasteiger charge is 2.49. The van der Waals surface area contributed by atoms with Crippen LogP contribution in [0.3, 0.4) is 0 Å². The summed E-state index contributed by atoms with van der Waals surface area (Å²) >= 11 is 0. The summed E-state index contributed by atoms with van der Waals surface area (Å²) in [4.78, 5) is 17.4. The van der Waals surface area contributed by atoms with Crippen molar-refractivity contribution in [3.05, 3.63) is 106 Å². The fraction of sp³-hybridized carbons (Fsp3) is 0.382. The number of hydrogen-bond acceptors (Lipinski definition) is 3. The average molecular weight is 560 g/mol. The Morgan fingerprint density at radius 1 is 0.878 bits per heavy atom. The predicted octanol–water partition coefficient (Wildman–Crippen LogP) is 7.08. The number of nitrogens with zero attached hydrogens (tertiary/aromatic N) is 2. The molecule has 3 aromatic carbocycles. The van der Waals surface area contributed by atoms with Gasteiger partial charge in [-0.15, -0.1) is 0 Å². The summed E-state index contributed by atoms with van der Waals surface area (Å²) in [5.74, 6) is -3.06. The standard InChI is InChI=1S/C34H36F3N3O/c1-23(38-32(41)27-4-3-5-30(18-27)40-16-14-34(36,37)15-17-40)24-6-8-25(9-7-24)31(26-10-12-29(35)13-11-26)28-19-33(20-28)21-39(2)22-33/h3-13,18,23H,14-17,19-22H2,1-2H3,(H,38,41)/t23-/m1/s1. The van der Waals surface area contributed by atoms with Crippen molar-refractivity contribution in [1.82, 2.24) is 10.2 Å². The lowest BCUT2D eigenvalue weighted by atomic mass is 9.59. The van der Waals surface area contributed by atoms with Crippen molar-refractivity contribution in [2.45, 2.75) is 44.6 Å². The van der Waals surface area contributed by atoms with Crippen molar-refractivity contribution in [1.29, 1.82) is 0 Å². The smallest absolute Gasteiger partial charge is 0.251 e. The van der Waals surface area contributed by atoms with Crippen LogP contribution in [0, 0.1) is 11.2 Å². The van der Waals surface area contributed by atoms with Crippen LogP contribution in [0.15, 0.2) is 78.4 Å². The van der Waals surface area contributed by atoms with Crippen LogP contribution < -0.4 is 10.2 Å². The minimum atomic E-state index is -2.61. The zero-order chi connectivity index (χ0) is 28.8. The number of nitrogens with one attached hydrogen (secondary N) is 1. The predicted molar refractivity (Wildman–Crippen MR) is 157 cm³/mol. The minimum absolute atomic E-state index is 0.172. The van der Waals surface area contributed by atoms with Crippen LogP contribution in [0.25, 0.3) is 5.57 Å². The molecule has 0 aromatic heterocycles. The van der Waals surface area contributed by atoms with Crippen LogP contribution in [0.5, 0.6) is 0 Å². The third-order valence-electron chi connectivity index (χ3n) is 8.89. The molecule has 214 valence electrons. The summed E-state index contributed by atoms with van der Waals surface area (Å²) in [7, 11) is 2.15. The Kier molecular flexibility index (Phi) is 7.18. The first kappa shape index (κ1) is 27.6. The van der Waals surface area contributed by atoms with Crippen LogP contribution >= 0.6 is 0 Å².